The molecule has 0 heterocycles. The van der Waals surface area contributed by atoms with Crippen LogP contribution in [0.1, 0.15) is 116 Å². The lowest BCUT2D eigenvalue weighted by Gasteiger charge is -2.53. The maximum Gasteiger partial charge on any atom is 0.164 e. The van der Waals surface area contributed by atoms with Gasteiger partial charge in [-0.25, -0.2) is 0 Å². The standard InChI is InChI=1S/C27H32Br2Cl4O3.C27H30Cl4O3/c1-35-19-11-9-17(26(32,22(19)30)24(28)13-5-3-6-14-24)21(34)18-10-12-20(36-2)23(31)27(18,33)25(29)15-7-4-8-16-25;1-33-19-13-15-26(23(30)21(19)28,17-9-5-3-6-10-17)25(32)27(18-11-7-4-8-12-18)16-14-20(34-2)22(29)24(27)31/h9-12,17-18H,3-8,13-16H2,1-2H3;9,11,13-16,23-24H,3-8,10,12H2,1-2H3. The zero-order chi connectivity index (χ0) is 50.9. The van der Waals surface area contributed by atoms with Crippen molar-refractivity contribution in [3.8, 4) is 0 Å². The van der Waals surface area contributed by atoms with Crippen LogP contribution < -0.4 is 0 Å². The van der Waals surface area contributed by atoms with E-state index < -0.39 is 51.8 Å². The lowest BCUT2D eigenvalue weighted by molar-refractivity contribution is -0.131. The zero-order valence-electron chi connectivity index (χ0n) is 40.0. The van der Waals surface area contributed by atoms with Crippen molar-refractivity contribution in [2.75, 3.05) is 28.4 Å². The van der Waals surface area contributed by atoms with E-state index in [0.29, 0.717) is 43.2 Å². The Morgan fingerprint density at radius 3 is 1.20 bits per heavy atom. The lowest BCUT2D eigenvalue weighted by atomic mass is 9.56. The van der Waals surface area contributed by atoms with Gasteiger partial charge >= 0.3 is 0 Å². The number of hydrogen-bond acceptors (Lipinski definition) is 6. The molecule has 8 atom stereocenters. The Balaban J connectivity index is 0.000000207. The average Bonchev–Trinajstić information content (AvgIpc) is 3.38. The van der Waals surface area contributed by atoms with Gasteiger partial charge in [0.05, 0.1) is 90.6 Å². The van der Waals surface area contributed by atoms with Crippen LogP contribution in [-0.4, -0.2) is 69.2 Å². The van der Waals surface area contributed by atoms with Crippen molar-refractivity contribution in [2.45, 2.75) is 145 Å². The summed E-state index contributed by atoms with van der Waals surface area (Å²) in [5, 5.41) is -0.311. The van der Waals surface area contributed by atoms with Crippen LogP contribution in [0.2, 0.25) is 0 Å². The minimum atomic E-state index is -1.23. The van der Waals surface area contributed by atoms with Crippen LogP contribution >= 0.6 is 125 Å². The number of Topliss-reactive ketones (excluding diaryl/α,β-unsaturated/α-hetero) is 2. The minimum Gasteiger partial charge on any atom is -0.495 e. The van der Waals surface area contributed by atoms with E-state index in [1.165, 1.54) is 0 Å². The maximum atomic E-state index is 15.1. The van der Waals surface area contributed by atoms with E-state index in [4.69, 9.17) is 112 Å². The summed E-state index contributed by atoms with van der Waals surface area (Å²) in [4.78, 5) is 27.3. The van der Waals surface area contributed by atoms with Crippen LogP contribution in [0.25, 0.3) is 0 Å². The van der Waals surface area contributed by atoms with Crippen molar-refractivity contribution < 1.29 is 28.5 Å². The fraction of sp³-hybridized carbons (Fsp3) is 0.593. The Kier molecular flexibility index (Phi) is 18.9. The van der Waals surface area contributed by atoms with E-state index in [1.54, 1.807) is 52.7 Å². The third-order valence-electron chi connectivity index (χ3n) is 16.0. The second-order valence-corrected chi connectivity index (χ2v) is 26.2. The molecule has 8 aliphatic rings. The number of carbonyl (C=O) groups excluding carboxylic acids is 2. The normalized spacial score (nSPS) is 35.1. The first kappa shape index (κ1) is 56.9. The molecule has 0 spiro atoms. The molecule has 0 aromatic rings. The Bertz CT molecular complexity index is 2210. The molecule has 0 amide bonds. The molecule has 8 rings (SSSR count). The highest BCUT2D eigenvalue weighted by molar-refractivity contribution is 9.10. The number of methoxy groups -OCH3 is 4. The number of hydrogen-bond donors (Lipinski definition) is 0. The minimum absolute atomic E-state index is 0.101. The second-order valence-electron chi connectivity index (χ2n) is 19.6. The van der Waals surface area contributed by atoms with E-state index in [0.717, 1.165) is 127 Å². The summed E-state index contributed by atoms with van der Waals surface area (Å²) in [6, 6.07) is 0. The van der Waals surface area contributed by atoms with Crippen molar-refractivity contribution >= 4 is 136 Å². The molecule has 0 bridgehead atoms. The van der Waals surface area contributed by atoms with E-state index in [1.807, 2.05) is 24.3 Å². The summed E-state index contributed by atoms with van der Waals surface area (Å²) in [7, 11) is 6.21. The summed E-state index contributed by atoms with van der Waals surface area (Å²) < 4.78 is 20.8. The van der Waals surface area contributed by atoms with Gasteiger partial charge in [-0.3, -0.25) is 9.59 Å². The second kappa shape index (κ2) is 23.2. The van der Waals surface area contributed by atoms with Crippen LogP contribution in [-0.2, 0) is 28.5 Å². The topological polar surface area (TPSA) is 71.1 Å². The number of allylic oxidation sites excluding steroid dienone is 16. The molecule has 70 heavy (non-hydrogen) atoms. The summed E-state index contributed by atoms with van der Waals surface area (Å²) in [6.07, 6.45) is 35.6. The Morgan fingerprint density at radius 2 is 0.886 bits per heavy atom. The molecule has 2 fully saturated rings. The molecule has 0 aromatic heterocycles. The average molecular weight is 1250 g/mol. The number of rotatable bonds is 12. The number of ether oxygens (including phenoxy) is 4. The van der Waals surface area contributed by atoms with Gasteiger partial charge in [-0.05, 0) is 101 Å². The zero-order valence-corrected chi connectivity index (χ0v) is 49.3. The predicted molar refractivity (Wildman–Crippen MR) is 297 cm³/mol. The number of carbonyl (C=O) groups is 2. The van der Waals surface area contributed by atoms with Crippen LogP contribution in [0, 0.1) is 22.7 Å². The van der Waals surface area contributed by atoms with E-state index >= 15 is 4.79 Å². The third-order valence-corrected chi connectivity index (χ3v) is 24.2. The summed E-state index contributed by atoms with van der Waals surface area (Å²) in [5.41, 5.74) is -0.366. The Morgan fingerprint density at radius 1 is 0.529 bits per heavy atom. The highest BCUT2D eigenvalue weighted by Crippen LogP contribution is 2.63. The van der Waals surface area contributed by atoms with Gasteiger partial charge in [0, 0.05) is 0 Å². The van der Waals surface area contributed by atoms with E-state index in [-0.39, 0.29) is 11.6 Å². The van der Waals surface area contributed by atoms with Gasteiger partial charge in [-0.15, -0.1) is 46.4 Å². The molecule has 0 radical (unpaired) electrons. The van der Waals surface area contributed by atoms with Gasteiger partial charge in [-0.2, -0.15) is 0 Å². The fourth-order valence-electron chi connectivity index (χ4n) is 12.1. The molecular formula is C54H62Br2Cl8O6. The first-order valence-electron chi connectivity index (χ1n) is 24.4. The molecule has 8 unspecified atom stereocenters. The molecule has 0 aliphatic heterocycles. The van der Waals surface area contributed by atoms with Gasteiger partial charge in [-0.1, -0.05) is 164 Å². The predicted octanol–water partition coefficient (Wildman–Crippen LogP) is 17.3. The summed E-state index contributed by atoms with van der Waals surface area (Å²) >= 11 is 64.8. The first-order valence-corrected chi connectivity index (χ1v) is 29.1. The van der Waals surface area contributed by atoms with Gasteiger partial charge in [0.15, 0.2) is 11.6 Å². The Hall–Kier alpha value is -0.780. The molecule has 2 saturated carbocycles. The lowest BCUT2D eigenvalue weighted by Crippen LogP contribution is -2.60. The van der Waals surface area contributed by atoms with Crippen LogP contribution in [0.3, 0.4) is 0 Å². The van der Waals surface area contributed by atoms with Gasteiger partial charge in [0.2, 0.25) is 0 Å². The van der Waals surface area contributed by atoms with E-state index in [2.05, 4.69) is 44.0 Å². The van der Waals surface area contributed by atoms with Crippen LogP contribution in [0.5, 0.6) is 0 Å². The quantitative estimate of drug-likeness (QED) is 0.143. The number of alkyl halides is 6. The van der Waals surface area contributed by atoms with Crippen molar-refractivity contribution in [1.29, 1.82) is 0 Å². The van der Waals surface area contributed by atoms with Crippen molar-refractivity contribution in [3.05, 3.63) is 115 Å². The fourth-order valence-corrected chi connectivity index (χ4v) is 17.6. The van der Waals surface area contributed by atoms with Crippen molar-refractivity contribution in [3.63, 3.8) is 0 Å². The summed E-state index contributed by atoms with van der Waals surface area (Å²) in [6.45, 7) is 0. The highest BCUT2D eigenvalue weighted by Gasteiger charge is 2.65. The van der Waals surface area contributed by atoms with Crippen molar-refractivity contribution in [2.24, 2.45) is 22.7 Å². The Labute approximate surface area is 471 Å². The first-order chi connectivity index (χ1) is 33.3. The largest absolute Gasteiger partial charge is 0.495 e. The summed E-state index contributed by atoms with van der Waals surface area (Å²) in [5.74, 6) is 0.161. The number of halogens is 10. The number of ketones is 2. The van der Waals surface area contributed by atoms with Gasteiger partial charge < -0.3 is 18.9 Å². The smallest absolute Gasteiger partial charge is 0.164 e. The maximum absolute atomic E-state index is 15.1. The molecule has 0 saturated heterocycles. The molecule has 0 aromatic carbocycles. The van der Waals surface area contributed by atoms with Crippen molar-refractivity contribution in [1.82, 2.24) is 0 Å². The SMILES string of the molecule is COC1=C(Cl)C(Cl)(C2(Br)CCCCC2)C(C(=O)C2C=CC(OC)=C(Cl)C2(Cl)C2(Br)CCCCC2)C=C1.COC1=C(Cl)C(Cl)C(C(=O)C2(C3=CCCCC3)C=CC(OC)=C(Cl)C2Cl)(C2=CCCCC2)C=C1. The molecule has 0 N–H and O–H groups in total. The van der Waals surface area contributed by atoms with Crippen LogP contribution in [0.4, 0.5) is 0 Å². The molecule has 16 heteroatoms. The van der Waals surface area contributed by atoms with Crippen LogP contribution in [0.15, 0.2) is 115 Å². The van der Waals surface area contributed by atoms with E-state index in [9.17, 15) is 4.79 Å². The van der Waals surface area contributed by atoms with Gasteiger partial charge in [0.1, 0.15) is 32.8 Å². The highest BCUT2D eigenvalue weighted by atomic mass is 79.9. The molecule has 384 valence electrons. The monoisotopic (exact) mass is 1240 g/mol. The molecule has 8 aliphatic carbocycles. The molecule has 6 nitrogen and oxygen atoms in total. The third kappa shape index (κ3) is 9.60. The van der Waals surface area contributed by atoms with Gasteiger partial charge in [0.25, 0.3) is 0 Å². The molecular weight excluding hydrogens is 1190 g/mol.